The fraction of sp³-hybridized carbons (Fsp3) is 0.286. The number of carbonyl (C=O) groups excluding carboxylic acids is 1. The van der Waals surface area contributed by atoms with Gasteiger partial charge in [-0.1, -0.05) is 29.8 Å². The van der Waals surface area contributed by atoms with Crippen LogP contribution in [0.1, 0.15) is 36.5 Å². The number of carboxylic acids is 1. The number of aliphatic carboxylic acids is 1. The van der Waals surface area contributed by atoms with Gasteiger partial charge in [0, 0.05) is 4.47 Å². The molecule has 2 aromatic carbocycles. The Morgan fingerprint density at radius 3 is 2.48 bits per heavy atom. The van der Waals surface area contributed by atoms with Crippen LogP contribution in [0.15, 0.2) is 46.0 Å². The van der Waals surface area contributed by atoms with E-state index in [0.717, 1.165) is 21.2 Å². The third-order valence-electron chi connectivity index (χ3n) is 3.92. The Morgan fingerprint density at radius 1 is 1.17 bits per heavy atom. The summed E-state index contributed by atoms with van der Waals surface area (Å²) in [5, 5.41) is 12.5. The molecule has 0 fully saturated rings. The second kappa shape index (κ2) is 10.6. The van der Waals surface area contributed by atoms with E-state index in [1.807, 2.05) is 19.1 Å². The molecule has 0 aromatic heterocycles. The standard InChI is InChI=1S/C21H23BrN2O5/c1-13(2)17-9-18(22)14(3)8-19(17)29-11-20(25)24-23-10-15-4-6-16(7-5-15)28-12-21(26)27/h4-10,13H,11-12H2,1-3H3,(H,24,25)(H,26,27). The number of hydrogen-bond donors (Lipinski definition) is 2. The van der Waals surface area contributed by atoms with Crippen molar-refractivity contribution in [2.75, 3.05) is 13.2 Å². The smallest absolute Gasteiger partial charge is 0.341 e. The van der Waals surface area contributed by atoms with Gasteiger partial charge in [0.2, 0.25) is 0 Å². The number of amides is 1. The summed E-state index contributed by atoms with van der Waals surface area (Å²) < 4.78 is 11.7. The maximum Gasteiger partial charge on any atom is 0.341 e. The third kappa shape index (κ3) is 7.23. The Morgan fingerprint density at radius 2 is 1.86 bits per heavy atom. The molecule has 0 bridgehead atoms. The van der Waals surface area contributed by atoms with Crippen LogP contribution in [0.4, 0.5) is 0 Å². The van der Waals surface area contributed by atoms with Gasteiger partial charge in [-0.2, -0.15) is 5.10 Å². The number of hydrazone groups is 1. The van der Waals surface area contributed by atoms with Gasteiger partial charge in [-0.05, 0) is 65.9 Å². The first-order chi connectivity index (χ1) is 13.8. The van der Waals surface area contributed by atoms with Crippen molar-refractivity contribution in [3.8, 4) is 11.5 Å². The highest BCUT2D eigenvalue weighted by Crippen LogP contribution is 2.32. The molecule has 0 aliphatic carbocycles. The van der Waals surface area contributed by atoms with Crippen LogP contribution in [0.3, 0.4) is 0 Å². The van der Waals surface area contributed by atoms with E-state index in [-0.39, 0.29) is 18.4 Å². The Labute approximate surface area is 177 Å². The molecule has 0 unspecified atom stereocenters. The number of rotatable bonds is 9. The number of ether oxygens (including phenoxy) is 2. The number of hydrogen-bond acceptors (Lipinski definition) is 5. The highest BCUT2D eigenvalue weighted by molar-refractivity contribution is 9.10. The largest absolute Gasteiger partial charge is 0.483 e. The Bertz CT molecular complexity index is 895. The van der Waals surface area contributed by atoms with E-state index in [1.165, 1.54) is 6.21 Å². The summed E-state index contributed by atoms with van der Waals surface area (Å²) in [5.41, 5.74) is 5.18. The minimum absolute atomic E-state index is 0.153. The van der Waals surface area contributed by atoms with Crippen LogP contribution in [-0.4, -0.2) is 36.4 Å². The Balaban J connectivity index is 1.87. The zero-order valence-electron chi connectivity index (χ0n) is 16.4. The fourth-order valence-electron chi connectivity index (χ4n) is 2.40. The summed E-state index contributed by atoms with van der Waals surface area (Å²) in [6.07, 6.45) is 1.47. The van der Waals surface area contributed by atoms with Crippen LogP contribution >= 0.6 is 15.9 Å². The van der Waals surface area contributed by atoms with Crippen molar-refractivity contribution in [2.24, 2.45) is 5.10 Å². The number of nitrogens with one attached hydrogen (secondary N) is 1. The minimum atomic E-state index is -1.04. The number of carboxylic acid groups (broad SMARTS) is 1. The molecule has 2 aromatic rings. The van der Waals surface area contributed by atoms with Crippen LogP contribution < -0.4 is 14.9 Å². The van der Waals surface area contributed by atoms with E-state index < -0.39 is 12.6 Å². The third-order valence-corrected chi connectivity index (χ3v) is 4.77. The molecule has 1 amide bonds. The van der Waals surface area contributed by atoms with E-state index in [0.29, 0.717) is 11.5 Å². The molecular formula is C21H23BrN2O5. The quantitative estimate of drug-likeness (QED) is 0.435. The van der Waals surface area contributed by atoms with Crippen LogP contribution in [0.2, 0.25) is 0 Å². The first kappa shape index (κ1) is 22.4. The van der Waals surface area contributed by atoms with Gasteiger partial charge in [-0.15, -0.1) is 0 Å². The maximum absolute atomic E-state index is 12.0. The van der Waals surface area contributed by atoms with Gasteiger partial charge in [0.05, 0.1) is 6.21 Å². The Kier molecular flexibility index (Phi) is 8.21. The maximum atomic E-state index is 12.0. The van der Waals surface area contributed by atoms with Crippen LogP contribution in [-0.2, 0) is 9.59 Å². The van der Waals surface area contributed by atoms with Crippen molar-refractivity contribution in [3.63, 3.8) is 0 Å². The van der Waals surface area contributed by atoms with Crippen molar-refractivity contribution in [3.05, 3.63) is 57.6 Å². The molecule has 29 heavy (non-hydrogen) atoms. The summed E-state index contributed by atoms with van der Waals surface area (Å²) in [7, 11) is 0. The number of benzene rings is 2. The monoisotopic (exact) mass is 462 g/mol. The van der Waals surface area contributed by atoms with Gasteiger partial charge in [0.25, 0.3) is 5.91 Å². The zero-order chi connectivity index (χ0) is 21.4. The summed E-state index contributed by atoms with van der Waals surface area (Å²) in [4.78, 5) is 22.5. The number of aryl methyl sites for hydroxylation is 1. The van der Waals surface area contributed by atoms with Gasteiger partial charge < -0.3 is 14.6 Å². The fourth-order valence-corrected chi connectivity index (χ4v) is 2.76. The molecule has 0 radical (unpaired) electrons. The molecule has 0 saturated carbocycles. The lowest BCUT2D eigenvalue weighted by Crippen LogP contribution is -2.25. The predicted molar refractivity (Wildman–Crippen MR) is 114 cm³/mol. The second-order valence-corrected chi connectivity index (χ2v) is 7.48. The van der Waals surface area contributed by atoms with Gasteiger partial charge >= 0.3 is 5.97 Å². The van der Waals surface area contributed by atoms with Crippen LogP contribution in [0.5, 0.6) is 11.5 Å². The lowest BCUT2D eigenvalue weighted by Gasteiger charge is -2.15. The Hall–Kier alpha value is -2.87. The van der Waals surface area contributed by atoms with Gasteiger partial charge in [-0.25, -0.2) is 10.2 Å². The van der Waals surface area contributed by atoms with Crippen LogP contribution in [0.25, 0.3) is 0 Å². The first-order valence-electron chi connectivity index (χ1n) is 8.95. The molecule has 2 rings (SSSR count). The van der Waals surface area contributed by atoms with Gasteiger partial charge in [0.15, 0.2) is 13.2 Å². The summed E-state index contributed by atoms with van der Waals surface area (Å²) in [6, 6.07) is 10.6. The van der Waals surface area contributed by atoms with Crippen molar-refractivity contribution in [2.45, 2.75) is 26.7 Å². The summed E-state index contributed by atoms with van der Waals surface area (Å²) >= 11 is 3.52. The lowest BCUT2D eigenvalue weighted by atomic mass is 10.0. The molecule has 2 N–H and O–H groups in total. The number of nitrogens with zero attached hydrogens (tertiary/aromatic N) is 1. The molecule has 7 nitrogen and oxygen atoms in total. The predicted octanol–water partition coefficient (Wildman–Crippen LogP) is 3.87. The molecule has 0 spiro atoms. The molecule has 0 heterocycles. The molecule has 154 valence electrons. The van der Waals surface area contributed by atoms with Crippen molar-refractivity contribution < 1.29 is 24.2 Å². The summed E-state index contributed by atoms with van der Waals surface area (Å²) in [5.74, 6) is -0.0488. The lowest BCUT2D eigenvalue weighted by molar-refractivity contribution is -0.139. The van der Waals surface area contributed by atoms with Crippen molar-refractivity contribution in [1.82, 2.24) is 5.43 Å². The average molecular weight is 463 g/mol. The average Bonchev–Trinajstić information content (AvgIpc) is 2.67. The molecular weight excluding hydrogens is 440 g/mol. The number of carbonyl (C=O) groups is 2. The highest BCUT2D eigenvalue weighted by atomic mass is 79.9. The van der Waals surface area contributed by atoms with Crippen molar-refractivity contribution in [1.29, 1.82) is 0 Å². The van der Waals surface area contributed by atoms with E-state index in [4.69, 9.17) is 14.6 Å². The molecule has 0 aliphatic rings. The topological polar surface area (TPSA) is 97.2 Å². The zero-order valence-corrected chi connectivity index (χ0v) is 18.0. The van der Waals surface area contributed by atoms with Gasteiger partial charge in [0.1, 0.15) is 11.5 Å². The van der Waals surface area contributed by atoms with E-state index in [1.54, 1.807) is 24.3 Å². The van der Waals surface area contributed by atoms with Crippen molar-refractivity contribution >= 4 is 34.0 Å². The van der Waals surface area contributed by atoms with Gasteiger partial charge in [-0.3, -0.25) is 4.79 Å². The van der Waals surface area contributed by atoms with E-state index in [2.05, 4.69) is 40.3 Å². The normalized spacial score (nSPS) is 10.9. The number of halogens is 1. The van der Waals surface area contributed by atoms with Crippen LogP contribution in [0, 0.1) is 6.92 Å². The molecule has 8 heteroatoms. The van der Waals surface area contributed by atoms with E-state index >= 15 is 0 Å². The SMILES string of the molecule is Cc1cc(OCC(=O)NN=Cc2ccc(OCC(=O)O)cc2)c(C(C)C)cc1Br. The molecule has 0 aliphatic heterocycles. The first-order valence-corrected chi connectivity index (χ1v) is 9.75. The summed E-state index contributed by atoms with van der Waals surface area (Å²) in [6.45, 7) is 5.53. The second-order valence-electron chi connectivity index (χ2n) is 6.63. The highest BCUT2D eigenvalue weighted by Gasteiger charge is 2.12. The minimum Gasteiger partial charge on any atom is -0.483 e. The molecule has 0 saturated heterocycles. The van der Waals surface area contributed by atoms with E-state index in [9.17, 15) is 9.59 Å². The molecule has 0 atom stereocenters.